The number of benzene rings is 4. The summed E-state index contributed by atoms with van der Waals surface area (Å²) in [6, 6.07) is 30.7. The highest BCUT2D eigenvalue weighted by Crippen LogP contribution is 2.46. The molecule has 234 valence electrons. The Labute approximate surface area is 270 Å². The van der Waals surface area contributed by atoms with Gasteiger partial charge in [-0.1, -0.05) is 171 Å². The maximum absolute atomic E-state index is 2.48. The van der Waals surface area contributed by atoms with E-state index in [2.05, 4.69) is 183 Å². The number of hydrogen-bond donors (Lipinski definition) is 0. The minimum atomic E-state index is -0.0122. The third-order valence-corrected chi connectivity index (χ3v) is 9.02. The van der Waals surface area contributed by atoms with E-state index in [1.807, 2.05) is 0 Å². The Kier molecular flexibility index (Phi) is 8.71. The van der Waals surface area contributed by atoms with Gasteiger partial charge < -0.3 is 0 Å². The van der Waals surface area contributed by atoms with Crippen LogP contribution in [0.3, 0.4) is 0 Å². The molecule has 0 unspecified atom stereocenters. The van der Waals surface area contributed by atoms with Crippen molar-refractivity contribution in [2.45, 2.75) is 131 Å². The van der Waals surface area contributed by atoms with E-state index in [1.54, 1.807) is 0 Å². The molecule has 0 N–H and O–H groups in total. The zero-order valence-electron chi connectivity index (χ0n) is 30.5. The van der Waals surface area contributed by atoms with Crippen LogP contribution < -0.4 is 0 Å². The van der Waals surface area contributed by atoms with Crippen LogP contribution in [0.25, 0.3) is 33.4 Å². The molecule has 0 saturated carbocycles. The molecule has 0 aliphatic carbocycles. The molecule has 0 heterocycles. The zero-order valence-corrected chi connectivity index (χ0v) is 30.5. The molecule has 0 spiro atoms. The molecule has 0 fully saturated rings. The van der Waals surface area contributed by atoms with Crippen molar-refractivity contribution in [1.82, 2.24) is 0 Å². The molecule has 0 aliphatic heterocycles. The Morgan fingerprint density at radius 1 is 0.295 bits per heavy atom. The van der Waals surface area contributed by atoms with Crippen LogP contribution in [-0.4, -0.2) is 0 Å². The van der Waals surface area contributed by atoms with Gasteiger partial charge in [-0.2, -0.15) is 0 Å². The van der Waals surface area contributed by atoms with E-state index in [0.717, 1.165) is 0 Å². The van der Waals surface area contributed by atoms with Crippen molar-refractivity contribution in [2.24, 2.45) is 0 Å². The Bertz CT molecular complexity index is 1470. The van der Waals surface area contributed by atoms with Gasteiger partial charge in [-0.25, -0.2) is 0 Å². The second kappa shape index (κ2) is 11.3. The lowest BCUT2D eigenvalue weighted by Crippen LogP contribution is -2.17. The van der Waals surface area contributed by atoms with Gasteiger partial charge >= 0.3 is 0 Å². The van der Waals surface area contributed by atoms with Gasteiger partial charge in [0.25, 0.3) is 0 Å². The summed E-state index contributed by atoms with van der Waals surface area (Å²) in [5.74, 6) is 0. The van der Waals surface area contributed by atoms with Crippen molar-refractivity contribution in [3.8, 4) is 33.4 Å². The highest BCUT2D eigenvalue weighted by molar-refractivity contribution is 5.96. The first-order valence-electron chi connectivity index (χ1n) is 16.5. The minimum absolute atomic E-state index is 0.0122. The lowest BCUT2D eigenvalue weighted by atomic mass is 9.75. The van der Waals surface area contributed by atoms with Crippen LogP contribution in [0.4, 0.5) is 0 Å². The van der Waals surface area contributed by atoms with E-state index < -0.39 is 0 Å². The van der Waals surface area contributed by atoms with E-state index in [4.69, 9.17) is 0 Å². The predicted octanol–water partition coefficient (Wildman–Crippen LogP) is 13.2. The van der Waals surface area contributed by atoms with E-state index in [1.165, 1.54) is 61.2 Å². The standard InChI is InChI=1S/C44H58/c1-40(2,3)32-21-30(22-33(25-32)41(4,5)6)37-27-36(44(13,14)15)28-38(39(37)29-19-17-16-18-20-29)31-23-34(42(7,8)9)26-35(24-31)43(10,11)12/h16-28H,1-15H3. The van der Waals surface area contributed by atoms with Crippen LogP contribution in [0, 0.1) is 0 Å². The molecule has 4 rings (SSSR count). The van der Waals surface area contributed by atoms with Crippen molar-refractivity contribution in [1.29, 1.82) is 0 Å². The maximum atomic E-state index is 2.48. The second-order valence-electron chi connectivity index (χ2n) is 18.2. The molecule has 0 aromatic heterocycles. The quantitative estimate of drug-likeness (QED) is 0.224. The highest BCUT2D eigenvalue weighted by Gasteiger charge is 2.27. The molecule has 4 aromatic carbocycles. The fraction of sp³-hybridized carbons (Fsp3) is 0.455. The summed E-state index contributed by atoms with van der Waals surface area (Å²) in [6.45, 7) is 35.0. The van der Waals surface area contributed by atoms with Gasteiger partial charge in [0, 0.05) is 0 Å². The highest BCUT2D eigenvalue weighted by atomic mass is 14.3. The van der Waals surface area contributed by atoms with Gasteiger partial charge in [0.15, 0.2) is 0 Å². The summed E-state index contributed by atoms with van der Waals surface area (Å²) >= 11 is 0. The predicted molar refractivity (Wildman–Crippen MR) is 196 cm³/mol. The topological polar surface area (TPSA) is 0 Å². The largest absolute Gasteiger partial charge is 0.0622 e. The Morgan fingerprint density at radius 2 is 0.568 bits per heavy atom. The average Bonchev–Trinajstić information content (AvgIpc) is 2.90. The third kappa shape index (κ3) is 7.39. The Morgan fingerprint density at radius 3 is 0.841 bits per heavy atom. The number of hydrogen-bond acceptors (Lipinski definition) is 0. The SMILES string of the molecule is CC(C)(C)c1cc(-c2cc(C(C)(C)C)cc(-c3cc(C(C)(C)C)cc(C(C)(C)C)c3)c2-c2ccccc2)cc(C(C)(C)C)c1. The monoisotopic (exact) mass is 586 g/mol. The molecule has 0 heteroatoms. The first kappa shape index (κ1) is 33.8. The van der Waals surface area contributed by atoms with E-state index in [0.29, 0.717) is 0 Å². The van der Waals surface area contributed by atoms with Gasteiger partial charge in [0.2, 0.25) is 0 Å². The van der Waals surface area contributed by atoms with Crippen LogP contribution >= 0.6 is 0 Å². The smallest absolute Gasteiger partial charge is 0.00266 e. The summed E-state index contributed by atoms with van der Waals surface area (Å²) < 4.78 is 0. The van der Waals surface area contributed by atoms with E-state index in [9.17, 15) is 0 Å². The fourth-order valence-electron chi connectivity index (χ4n) is 5.74. The first-order chi connectivity index (χ1) is 20.0. The van der Waals surface area contributed by atoms with Crippen LogP contribution in [-0.2, 0) is 27.1 Å². The maximum Gasteiger partial charge on any atom is -0.00266 e. The normalized spacial score (nSPS) is 13.3. The lowest BCUT2D eigenvalue weighted by molar-refractivity contribution is 0.568. The third-order valence-electron chi connectivity index (χ3n) is 9.02. The fourth-order valence-corrected chi connectivity index (χ4v) is 5.74. The van der Waals surface area contributed by atoms with E-state index in [-0.39, 0.29) is 27.1 Å². The summed E-state index contributed by atoms with van der Waals surface area (Å²) in [6.07, 6.45) is 0. The molecule has 0 aliphatic rings. The number of rotatable bonds is 3. The van der Waals surface area contributed by atoms with Crippen LogP contribution in [0.5, 0.6) is 0 Å². The van der Waals surface area contributed by atoms with Crippen molar-refractivity contribution in [3.05, 3.63) is 107 Å². The first-order valence-corrected chi connectivity index (χ1v) is 16.5. The Balaban J connectivity index is 2.25. The second-order valence-corrected chi connectivity index (χ2v) is 18.2. The summed E-state index contributed by atoms with van der Waals surface area (Å²) in [7, 11) is 0. The average molecular weight is 587 g/mol. The molecule has 0 atom stereocenters. The van der Waals surface area contributed by atoms with Crippen molar-refractivity contribution in [3.63, 3.8) is 0 Å². The van der Waals surface area contributed by atoms with Crippen molar-refractivity contribution < 1.29 is 0 Å². The van der Waals surface area contributed by atoms with Crippen LogP contribution in [0.2, 0.25) is 0 Å². The Hall–Kier alpha value is -3.12. The molecular formula is C44H58. The molecule has 44 heavy (non-hydrogen) atoms. The van der Waals surface area contributed by atoms with Crippen LogP contribution in [0.1, 0.15) is 132 Å². The summed E-state index contributed by atoms with van der Waals surface area (Å²) in [5, 5.41) is 0. The van der Waals surface area contributed by atoms with Gasteiger partial charge in [-0.15, -0.1) is 0 Å². The van der Waals surface area contributed by atoms with Crippen molar-refractivity contribution in [2.75, 3.05) is 0 Å². The minimum Gasteiger partial charge on any atom is -0.0622 e. The molecule has 0 saturated heterocycles. The molecular weight excluding hydrogens is 528 g/mol. The molecule has 0 radical (unpaired) electrons. The molecule has 0 bridgehead atoms. The van der Waals surface area contributed by atoms with Gasteiger partial charge in [0.1, 0.15) is 0 Å². The summed E-state index contributed by atoms with van der Waals surface area (Å²) in [4.78, 5) is 0. The van der Waals surface area contributed by atoms with Gasteiger partial charge in [-0.05, 0) is 100 Å². The zero-order chi connectivity index (χ0) is 33.0. The lowest BCUT2D eigenvalue weighted by Gasteiger charge is -2.30. The van der Waals surface area contributed by atoms with Gasteiger partial charge in [-0.3, -0.25) is 0 Å². The molecule has 0 nitrogen and oxygen atoms in total. The summed E-state index contributed by atoms with van der Waals surface area (Å²) in [5.41, 5.74) is 14.8. The molecule has 4 aromatic rings. The van der Waals surface area contributed by atoms with E-state index >= 15 is 0 Å². The van der Waals surface area contributed by atoms with Crippen LogP contribution in [0.15, 0.2) is 78.9 Å². The van der Waals surface area contributed by atoms with Gasteiger partial charge in [0.05, 0.1) is 0 Å². The molecule has 0 amide bonds. The van der Waals surface area contributed by atoms with Crippen molar-refractivity contribution >= 4 is 0 Å².